The molecule has 0 radical (unpaired) electrons. The first-order chi connectivity index (χ1) is 8.71. The second-order valence-electron chi connectivity index (χ2n) is 3.68. The summed E-state index contributed by atoms with van der Waals surface area (Å²) in [6.07, 6.45) is 1.63. The minimum absolute atomic E-state index is 0.346. The van der Waals surface area contributed by atoms with Crippen LogP contribution in [0.4, 0.5) is 0 Å². The van der Waals surface area contributed by atoms with Crippen molar-refractivity contribution in [2.45, 2.75) is 6.92 Å². The highest BCUT2D eigenvalue weighted by Gasteiger charge is 2.16. The molecule has 0 unspecified atom stereocenters. The molecule has 0 aliphatic heterocycles. The van der Waals surface area contributed by atoms with E-state index in [2.05, 4.69) is 4.98 Å². The zero-order valence-corrected chi connectivity index (χ0v) is 10.6. The number of hydrogen-bond acceptors (Lipinski definition) is 4. The van der Waals surface area contributed by atoms with Crippen molar-refractivity contribution in [2.75, 3.05) is 20.8 Å². The maximum atomic E-state index is 11.8. The average molecular weight is 249 g/mol. The fourth-order valence-corrected chi connectivity index (χ4v) is 1.83. The van der Waals surface area contributed by atoms with Crippen molar-refractivity contribution in [2.24, 2.45) is 0 Å². The Hall–Kier alpha value is -2.17. The molecule has 0 saturated heterocycles. The predicted molar refractivity (Wildman–Crippen MR) is 67.4 cm³/mol. The Labute approximate surface area is 105 Å². The van der Waals surface area contributed by atoms with Crippen LogP contribution in [0.25, 0.3) is 10.9 Å². The third kappa shape index (κ3) is 1.99. The van der Waals surface area contributed by atoms with Gasteiger partial charge in [0.15, 0.2) is 11.5 Å². The number of fused-ring (bicyclic) bond motifs is 1. The van der Waals surface area contributed by atoms with E-state index < -0.39 is 0 Å². The van der Waals surface area contributed by atoms with Crippen molar-refractivity contribution < 1.29 is 19.0 Å². The number of ether oxygens (including phenoxy) is 3. The van der Waals surface area contributed by atoms with E-state index in [1.54, 1.807) is 39.5 Å². The summed E-state index contributed by atoms with van der Waals surface area (Å²) in [5.41, 5.74) is 1.29. The van der Waals surface area contributed by atoms with Crippen LogP contribution in [-0.4, -0.2) is 31.8 Å². The van der Waals surface area contributed by atoms with Crippen LogP contribution >= 0.6 is 0 Å². The summed E-state index contributed by atoms with van der Waals surface area (Å²) in [5, 5.41) is 0.756. The minimum atomic E-state index is -0.351. The van der Waals surface area contributed by atoms with Gasteiger partial charge in [-0.15, -0.1) is 0 Å². The molecule has 1 N–H and O–H groups in total. The van der Waals surface area contributed by atoms with Crippen LogP contribution in [0, 0.1) is 0 Å². The third-order valence-electron chi connectivity index (χ3n) is 2.68. The monoisotopic (exact) mass is 249 g/mol. The molecule has 1 heterocycles. The summed E-state index contributed by atoms with van der Waals surface area (Å²) in [6.45, 7) is 2.12. The molecular weight excluding hydrogens is 234 g/mol. The lowest BCUT2D eigenvalue weighted by Crippen LogP contribution is -2.03. The van der Waals surface area contributed by atoms with Crippen molar-refractivity contribution in [3.63, 3.8) is 0 Å². The van der Waals surface area contributed by atoms with Crippen LogP contribution in [0.5, 0.6) is 11.5 Å². The number of carbonyl (C=O) groups excluding carboxylic acids is 1. The van der Waals surface area contributed by atoms with Crippen LogP contribution in [0.3, 0.4) is 0 Å². The quantitative estimate of drug-likeness (QED) is 0.845. The smallest absolute Gasteiger partial charge is 0.340 e. The van der Waals surface area contributed by atoms with Crippen molar-refractivity contribution >= 4 is 16.9 Å². The van der Waals surface area contributed by atoms with Gasteiger partial charge in [0.1, 0.15) is 0 Å². The second-order valence-corrected chi connectivity index (χ2v) is 3.68. The Kier molecular flexibility index (Phi) is 3.41. The number of aromatic nitrogens is 1. The molecule has 1 aromatic heterocycles. The van der Waals surface area contributed by atoms with Crippen LogP contribution in [0.2, 0.25) is 0 Å². The number of H-pyrrole nitrogens is 1. The SMILES string of the molecule is CCOC(=O)c1c[nH]c2cc(OC)c(OC)cc12. The lowest BCUT2D eigenvalue weighted by molar-refractivity contribution is 0.0529. The summed E-state index contributed by atoms with van der Waals surface area (Å²) in [5.74, 6) is 0.841. The molecular formula is C13H15NO4. The summed E-state index contributed by atoms with van der Waals surface area (Å²) in [6, 6.07) is 3.55. The molecule has 0 fully saturated rings. The summed E-state index contributed by atoms with van der Waals surface area (Å²) in [4.78, 5) is 14.8. The first kappa shape index (κ1) is 12.3. The van der Waals surface area contributed by atoms with E-state index in [1.165, 1.54) is 0 Å². The van der Waals surface area contributed by atoms with Gasteiger partial charge in [-0.25, -0.2) is 4.79 Å². The molecule has 5 nitrogen and oxygen atoms in total. The van der Waals surface area contributed by atoms with Crippen molar-refractivity contribution in [1.82, 2.24) is 4.98 Å². The Balaban J connectivity index is 2.55. The molecule has 5 heteroatoms. The Bertz CT molecular complexity index is 574. The zero-order chi connectivity index (χ0) is 13.1. The van der Waals surface area contributed by atoms with Gasteiger partial charge in [-0.05, 0) is 13.0 Å². The van der Waals surface area contributed by atoms with E-state index >= 15 is 0 Å². The Morgan fingerprint density at radius 3 is 2.50 bits per heavy atom. The number of carbonyl (C=O) groups is 1. The molecule has 18 heavy (non-hydrogen) atoms. The third-order valence-corrected chi connectivity index (χ3v) is 2.68. The van der Waals surface area contributed by atoms with Gasteiger partial charge in [0.2, 0.25) is 0 Å². The van der Waals surface area contributed by atoms with E-state index in [0.29, 0.717) is 23.7 Å². The van der Waals surface area contributed by atoms with Gasteiger partial charge in [0.05, 0.1) is 31.9 Å². The molecule has 0 spiro atoms. The molecule has 0 amide bonds. The second kappa shape index (κ2) is 5.00. The van der Waals surface area contributed by atoms with Crippen LogP contribution in [-0.2, 0) is 4.74 Å². The molecule has 2 aromatic rings. The molecule has 0 aliphatic carbocycles. The number of hydrogen-bond donors (Lipinski definition) is 1. The predicted octanol–water partition coefficient (Wildman–Crippen LogP) is 2.36. The number of methoxy groups -OCH3 is 2. The number of rotatable bonds is 4. The molecule has 1 aromatic carbocycles. The van der Waals surface area contributed by atoms with E-state index in [9.17, 15) is 4.79 Å². The summed E-state index contributed by atoms with van der Waals surface area (Å²) in [7, 11) is 3.12. The Morgan fingerprint density at radius 2 is 1.89 bits per heavy atom. The first-order valence-corrected chi connectivity index (χ1v) is 5.61. The van der Waals surface area contributed by atoms with Crippen LogP contribution in [0.15, 0.2) is 18.3 Å². The highest BCUT2D eigenvalue weighted by Crippen LogP contribution is 2.33. The maximum absolute atomic E-state index is 11.8. The van der Waals surface area contributed by atoms with E-state index in [4.69, 9.17) is 14.2 Å². The number of nitrogens with one attached hydrogen (secondary N) is 1. The fraction of sp³-hybridized carbons (Fsp3) is 0.308. The van der Waals surface area contributed by atoms with Gasteiger partial charge in [-0.3, -0.25) is 0 Å². The highest BCUT2D eigenvalue weighted by molar-refractivity contribution is 6.04. The zero-order valence-electron chi connectivity index (χ0n) is 10.6. The van der Waals surface area contributed by atoms with Crippen molar-refractivity contribution in [3.8, 4) is 11.5 Å². The van der Waals surface area contributed by atoms with E-state index in [-0.39, 0.29) is 5.97 Å². The van der Waals surface area contributed by atoms with E-state index in [0.717, 1.165) is 10.9 Å². The summed E-state index contributed by atoms with van der Waals surface area (Å²) >= 11 is 0. The lowest BCUT2D eigenvalue weighted by atomic mass is 10.1. The largest absolute Gasteiger partial charge is 0.493 e. The fourth-order valence-electron chi connectivity index (χ4n) is 1.83. The maximum Gasteiger partial charge on any atom is 0.340 e. The Morgan fingerprint density at radius 1 is 1.22 bits per heavy atom. The number of aromatic amines is 1. The molecule has 2 rings (SSSR count). The van der Waals surface area contributed by atoms with Crippen molar-refractivity contribution in [3.05, 3.63) is 23.9 Å². The van der Waals surface area contributed by atoms with E-state index in [1.807, 2.05) is 0 Å². The van der Waals surface area contributed by atoms with Crippen LogP contribution < -0.4 is 9.47 Å². The lowest BCUT2D eigenvalue weighted by Gasteiger charge is -2.07. The molecule has 96 valence electrons. The molecule has 0 aliphatic rings. The van der Waals surface area contributed by atoms with Gasteiger partial charge >= 0.3 is 5.97 Å². The standard InChI is InChI=1S/C13H15NO4/c1-4-18-13(15)9-7-14-10-6-12(17-3)11(16-2)5-8(9)10/h5-7,14H,4H2,1-3H3. The summed E-state index contributed by atoms with van der Waals surface area (Å²) < 4.78 is 15.4. The highest BCUT2D eigenvalue weighted by atomic mass is 16.5. The van der Waals surface area contributed by atoms with Gasteiger partial charge in [0, 0.05) is 17.6 Å². The minimum Gasteiger partial charge on any atom is -0.493 e. The number of esters is 1. The first-order valence-electron chi connectivity index (χ1n) is 5.61. The number of benzene rings is 1. The molecule has 0 bridgehead atoms. The van der Waals surface area contributed by atoms with Crippen LogP contribution in [0.1, 0.15) is 17.3 Å². The molecule has 0 saturated carbocycles. The van der Waals surface area contributed by atoms with Gasteiger partial charge in [-0.1, -0.05) is 0 Å². The average Bonchev–Trinajstić information content (AvgIpc) is 2.79. The normalized spacial score (nSPS) is 10.4. The molecule has 0 atom stereocenters. The topological polar surface area (TPSA) is 60.6 Å². The van der Waals surface area contributed by atoms with Crippen molar-refractivity contribution in [1.29, 1.82) is 0 Å². The van der Waals surface area contributed by atoms with Gasteiger partial charge in [0.25, 0.3) is 0 Å². The van der Waals surface area contributed by atoms with Gasteiger partial charge < -0.3 is 19.2 Å². The van der Waals surface area contributed by atoms with Gasteiger partial charge in [-0.2, -0.15) is 0 Å².